The predicted octanol–water partition coefficient (Wildman–Crippen LogP) is 3.41. The Labute approximate surface area is 133 Å². The molecule has 0 spiro atoms. The van der Waals surface area contributed by atoms with Gasteiger partial charge in [-0.3, -0.25) is 0 Å². The summed E-state index contributed by atoms with van der Waals surface area (Å²) in [5, 5.41) is 4.66. The van der Waals surface area contributed by atoms with Gasteiger partial charge in [-0.15, -0.1) is 0 Å². The third kappa shape index (κ3) is 3.55. The molecule has 1 aromatic heterocycles. The van der Waals surface area contributed by atoms with Crippen molar-refractivity contribution in [2.75, 3.05) is 25.0 Å². The average Bonchev–Trinajstić information content (AvgIpc) is 2.46. The van der Waals surface area contributed by atoms with Crippen LogP contribution >= 0.6 is 0 Å². The monoisotopic (exact) mass is 298 g/mol. The summed E-state index contributed by atoms with van der Waals surface area (Å²) < 4.78 is 0. The number of nitrogens with one attached hydrogen (secondary N) is 1. The summed E-state index contributed by atoms with van der Waals surface area (Å²) >= 11 is 0. The van der Waals surface area contributed by atoms with Crippen molar-refractivity contribution in [2.24, 2.45) is 11.8 Å². The standard InChI is InChI=1S/C18H26N4/c1-13-8-14(2)10-22(9-13)11-15(3)21-18-16-6-4-5-7-17(16)19-12-20-18/h4-7,12-15H,8-11H2,1-3H3,(H,19,20,21). The third-order valence-corrected chi connectivity index (χ3v) is 4.40. The van der Waals surface area contributed by atoms with Crippen LogP contribution in [0.1, 0.15) is 27.2 Å². The number of aromatic nitrogens is 2. The van der Waals surface area contributed by atoms with Crippen LogP contribution in [0, 0.1) is 11.8 Å². The zero-order valence-electron chi connectivity index (χ0n) is 13.8. The molecular weight excluding hydrogens is 272 g/mol. The lowest BCUT2D eigenvalue weighted by Gasteiger charge is -2.36. The van der Waals surface area contributed by atoms with Gasteiger partial charge in [0.2, 0.25) is 0 Å². The fourth-order valence-corrected chi connectivity index (χ4v) is 3.73. The number of nitrogens with zero attached hydrogens (tertiary/aromatic N) is 3. The van der Waals surface area contributed by atoms with E-state index in [0.717, 1.165) is 35.1 Å². The molecule has 1 aliphatic rings. The lowest BCUT2D eigenvalue weighted by atomic mass is 9.92. The number of benzene rings is 1. The zero-order chi connectivity index (χ0) is 15.5. The maximum Gasteiger partial charge on any atom is 0.137 e. The van der Waals surface area contributed by atoms with E-state index >= 15 is 0 Å². The number of hydrogen-bond acceptors (Lipinski definition) is 4. The molecule has 1 saturated heterocycles. The largest absolute Gasteiger partial charge is 0.366 e. The summed E-state index contributed by atoms with van der Waals surface area (Å²) in [6, 6.07) is 8.53. The molecule has 3 unspecified atom stereocenters. The first-order chi connectivity index (χ1) is 10.6. The Bertz CT molecular complexity index is 612. The topological polar surface area (TPSA) is 41.0 Å². The third-order valence-electron chi connectivity index (χ3n) is 4.40. The lowest BCUT2D eigenvalue weighted by molar-refractivity contribution is 0.138. The highest BCUT2D eigenvalue weighted by atomic mass is 15.2. The van der Waals surface area contributed by atoms with Crippen molar-refractivity contribution in [3.63, 3.8) is 0 Å². The first kappa shape index (κ1) is 15.2. The van der Waals surface area contributed by atoms with Gasteiger partial charge in [0.25, 0.3) is 0 Å². The summed E-state index contributed by atoms with van der Waals surface area (Å²) in [6.07, 6.45) is 3.00. The van der Waals surface area contributed by atoms with Gasteiger partial charge >= 0.3 is 0 Å². The lowest BCUT2D eigenvalue weighted by Crippen LogP contribution is -2.43. The van der Waals surface area contributed by atoms with Crippen LogP contribution in [-0.4, -0.2) is 40.5 Å². The van der Waals surface area contributed by atoms with Gasteiger partial charge in [-0.1, -0.05) is 26.0 Å². The van der Waals surface area contributed by atoms with Crippen molar-refractivity contribution >= 4 is 16.7 Å². The van der Waals surface area contributed by atoms with Crippen LogP contribution in [0.5, 0.6) is 0 Å². The van der Waals surface area contributed by atoms with Crippen LogP contribution < -0.4 is 5.32 Å². The quantitative estimate of drug-likeness (QED) is 0.939. The Kier molecular flexibility index (Phi) is 4.57. The minimum atomic E-state index is 0.371. The molecule has 1 aromatic carbocycles. The van der Waals surface area contributed by atoms with E-state index in [0.29, 0.717) is 6.04 Å². The number of anilines is 1. The minimum Gasteiger partial charge on any atom is -0.366 e. The van der Waals surface area contributed by atoms with E-state index in [1.165, 1.54) is 19.5 Å². The Morgan fingerprint density at radius 2 is 1.91 bits per heavy atom. The van der Waals surface area contributed by atoms with Crippen molar-refractivity contribution in [3.05, 3.63) is 30.6 Å². The van der Waals surface area contributed by atoms with Gasteiger partial charge in [-0.05, 0) is 37.3 Å². The molecule has 1 N–H and O–H groups in total. The Balaban J connectivity index is 1.67. The van der Waals surface area contributed by atoms with E-state index in [2.05, 4.69) is 47.0 Å². The molecule has 0 aliphatic carbocycles. The maximum atomic E-state index is 4.43. The number of fused-ring (bicyclic) bond motifs is 1. The van der Waals surface area contributed by atoms with E-state index in [9.17, 15) is 0 Å². The first-order valence-electron chi connectivity index (χ1n) is 8.30. The second-order valence-electron chi connectivity index (χ2n) is 6.95. The average molecular weight is 298 g/mol. The van der Waals surface area contributed by atoms with E-state index in [1.807, 2.05) is 18.2 Å². The van der Waals surface area contributed by atoms with Crippen molar-refractivity contribution in [1.29, 1.82) is 0 Å². The van der Waals surface area contributed by atoms with Gasteiger partial charge in [0.05, 0.1) is 5.52 Å². The second-order valence-corrected chi connectivity index (χ2v) is 6.95. The first-order valence-corrected chi connectivity index (χ1v) is 8.30. The van der Waals surface area contributed by atoms with Gasteiger partial charge < -0.3 is 10.2 Å². The summed E-state index contributed by atoms with van der Waals surface area (Å²) in [6.45, 7) is 10.4. The van der Waals surface area contributed by atoms with Crippen LogP contribution in [0.2, 0.25) is 0 Å². The second kappa shape index (κ2) is 6.61. The molecular formula is C18H26N4. The fraction of sp³-hybridized carbons (Fsp3) is 0.556. The Morgan fingerprint density at radius 3 is 2.68 bits per heavy atom. The van der Waals surface area contributed by atoms with E-state index in [1.54, 1.807) is 6.33 Å². The molecule has 0 amide bonds. The summed E-state index contributed by atoms with van der Waals surface area (Å²) in [7, 11) is 0. The molecule has 0 bridgehead atoms. The highest BCUT2D eigenvalue weighted by molar-refractivity contribution is 5.88. The normalized spacial score (nSPS) is 24.3. The van der Waals surface area contributed by atoms with E-state index in [4.69, 9.17) is 0 Å². The molecule has 1 fully saturated rings. The molecule has 1 aliphatic heterocycles. The van der Waals surface area contributed by atoms with Crippen LogP contribution in [0.25, 0.3) is 10.9 Å². The molecule has 2 aromatic rings. The highest BCUT2D eigenvalue weighted by Crippen LogP contribution is 2.22. The van der Waals surface area contributed by atoms with Gasteiger partial charge in [-0.2, -0.15) is 0 Å². The Hall–Kier alpha value is -1.68. The molecule has 3 atom stereocenters. The number of para-hydroxylation sites is 1. The Morgan fingerprint density at radius 1 is 1.18 bits per heavy atom. The minimum absolute atomic E-state index is 0.371. The smallest absolute Gasteiger partial charge is 0.137 e. The fourth-order valence-electron chi connectivity index (χ4n) is 3.73. The van der Waals surface area contributed by atoms with E-state index < -0.39 is 0 Å². The zero-order valence-corrected chi connectivity index (χ0v) is 13.8. The van der Waals surface area contributed by atoms with Crippen molar-refractivity contribution in [3.8, 4) is 0 Å². The molecule has 118 valence electrons. The predicted molar refractivity (Wildman–Crippen MR) is 92.0 cm³/mol. The van der Waals surface area contributed by atoms with Gasteiger partial charge in [0.15, 0.2) is 0 Å². The molecule has 4 nitrogen and oxygen atoms in total. The number of rotatable bonds is 4. The SMILES string of the molecule is CC1CC(C)CN(CC(C)Nc2ncnc3ccccc23)C1. The van der Waals surface area contributed by atoms with Gasteiger partial charge in [0, 0.05) is 31.1 Å². The van der Waals surface area contributed by atoms with Gasteiger partial charge in [0.1, 0.15) is 12.1 Å². The van der Waals surface area contributed by atoms with Crippen LogP contribution in [-0.2, 0) is 0 Å². The highest BCUT2D eigenvalue weighted by Gasteiger charge is 2.23. The van der Waals surface area contributed by atoms with Crippen LogP contribution in [0.4, 0.5) is 5.82 Å². The molecule has 3 rings (SSSR count). The molecule has 4 heteroatoms. The van der Waals surface area contributed by atoms with Crippen molar-refractivity contribution < 1.29 is 0 Å². The summed E-state index contributed by atoms with van der Waals surface area (Å²) in [5.74, 6) is 2.54. The number of hydrogen-bond donors (Lipinski definition) is 1. The molecule has 2 heterocycles. The molecule has 22 heavy (non-hydrogen) atoms. The van der Waals surface area contributed by atoms with E-state index in [-0.39, 0.29) is 0 Å². The summed E-state index contributed by atoms with van der Waals surface area (Å²) in [4.78, 5) is 11.3. The van der Waals surface area contributed by atoms with Crippen molar-refractivity contribution in [1.82, 2.24) is 14.9 Å². The van der Waals surface area contributed by atoms with Crippen molar-refractivity contribution in [2.45, 2.75) is 33.2 Å². The summed E-state index contributed by atoms with van der Waals surface area (Å²) in [5.41, 5.74) is 0.993. The van der Waals surface area contributed by atoms with Crippen LogP contribution in [0.3, 0.4) is 0 Å². The molecule has 0 saturated carbocycles. The van der Waals surface area contributed by atoms with Gasteiger partial charge in [-0.25, -0.2) is 9.97 Å². The van der Waals surface area contributed by atoms with Crippen LogP contribution in [0.15, 0.2) is 30.6 Å². The maximum absolute atomic E-state index is 4.43. The molecule has 0 radical (unpaired) electrons. The number of piperidine rings is 1. The number of likely N-dealkylation sites (tertiary alicyclic amines) is 1.